The highest BCUT2D eigenvalue weighted by Gasteiger charge is 2.27. The molecular weight excluding hydrogens is 623 g/mol. The van der Waals surface area contributed by atoms with Gasteiger partial charge in [-0.05, 0) is 51.4 Å². The van der Waals surface area contributed by atoms with Crippen LogP contribution in [-0.2, 0) is 32.7 Å². The summed E-state index contributed by atoms with van der Waals surface area (Å²) in [5.74, 6) is -1.00. The van der Waals surface area contributed by atoms with Gasteiger partial charge in [0, 0.05) is 12.8 Å². The molecule has 0 aromatic carbocycles. The molecule has 0 saturated carbocycles. The molecule has 0 rings (SSSR count). The number of esters is 2. The summed E-state index contributed by atoms with van der Waals surface area (Å²) in [5, 5.41) is 18.2. The van der Waals surface area contributed by atoms with Gasteiger partial charge in [-0.25, -0.2) is 4.57 Å². The quantitative estimate of drug-likeness (QED) is 0.0274. The van der Waals surface area contributed by atoms with E-state index in [0.29, 0.717) is 19.3 Å². The fourth-order valence-electron chi connectivity index (χ4n) is 4.22. The van der Waals surface area contributed by atoms with E-state index < -0.39 is 51.8 Å². The van der Waals surface area contributed by atoms with Crippen molar-refractivity contribution in [3.63, 3.8) is 0 Å². The fourth-order valence-corrected chi connectivity index (χ4v) is 5.01. The zero-order valence-electron chi connectivity index (χ0n) is 29.0. The molecular formula is C36H63O10P. The number of unbranched alkanes of at least 4 members (excludes halogenated alkanes) is 10. The van der Waals surface area contributed by atoms with Gasteiger partial charge in [-0.3, -0.25) is 18.6 Å². The number of allylic oxidation sites excluding steroid dienone is 8. The van der Waals surface area contributed by atoms with E-state index in [-0.39, 0.29) is 19.4 Å². The molecule has 0 aromatic rings. The van der Waals surface area contributed by atoms with E-state index in [1.165, 1.54) is 38.5 Å². The molecule has 0 amide bonds. The van der Waals surface area contributed by atoms with Crippen LogP contribution in [0.15, 0.2) is 48.6 Å². The lowest BCUT2D eigenvalue weighted by Gasteiger charge is -2.20. The molecule has 0 aromatic heterocycles. The SMILES string of the molecule is CCCCC/C=C/C/C=C/C/C=C/C/C=C/CCCC(=O)O[C@H](COC(=O)CCCCCCCCC)COP(=O)(O)OC[C@@H](O)CO. The largest absolute Gasteiger partial charge is 0.472 e. The Labute approximate surface area is 283 Å². The van der Waals surface area contributed by atoms with Gasteiger partial charge < -0.3 is 24.6 Å². The van der Waals surface area contributed by atoms with Crippen LogP contribution in [0.2, 0.25) is 0 Å². The van der Waals surface area contributed by atoms with Crippen molar-refractivity contribution in [3.8, 4) is 0 Å². The van der Waals surface area contributed by atoms with Gasteiger partial charge in [0.15, 0.2) is 6.10 Å². The molecule has 1 unspecified atom stereocenters. The minimum atomic E-state index is -4.62. The maximum Gasteiger partial charge on any atom is 0.472 e. The third-order valence-corrected chi connectivity index (χ3v) is 7.94. The molecule has 3 atom stereocenters. The third-order valence-electron chi connectivity index (χ3n) is 6.99. The Morgan fingerprint density at radius 3 is 1.72 bits per heavy atom. The molecule has 0 radical (unpaired) electrons. The number of phosphoric ester groups is 1. The first kappa shape index (κ1) is 44.9. The number of aliphatic hydroxyl groups is 2. The molecule has 0 aliphatic rings. The van der Waals surface area contributed by atoms with Crippen molar-refractivity contribution in [2.24, 2.45) is 0 Å². The molecule has 0 spiro atoms. The minimum Gasteiger partial charge on any atom is -0.462 e. The van der Waals surface area contributed by atoms with Gasteiger partial charge in [0.2, 0.25) is 0 Å². The number of carbonyl (C=O) groups excluding carboxylic acids is 2. The van der Waals surface area contributed by atoms with Gasteiger partial charge in [-0.15, -0.1) is 0 Å². The Hall–Kier alpha value is -2.07. The fraction of sp³-hybridized carbons (Fsp3) is 0.722. The van der Waals surface area contributed by atoms with E-state index in [2.05, 4.69) is 54.8 Å². The third kappa shape index (κ3) is 32.3. The summed E-state index contributed by atoms with van der Waals surface area (Å²) in [5.41, 5.74) is 0. The lowest BCUT2D eigenvalue weighted by atomic mass is 10.1. The summed E-state index contributed by atoms with van der Waals surface area (Å²) in [6.07, 6.45) is 31.2. The molecule has 11 heteroatoms. The predicted molar refractivity (Wildman–Crippen MR) is 187 cm³/mol. The van der Waals surface area contributed by atoms with E-state index in [1.807, 2.05) is 12.2 Å². The molecule has 47 heavy (non-hydrogen) atoms. The Kier molecular flexibility index (Phi) is 31.0. The van der Waals surface area contributed by atoms with Crippen LogP contribution in [0.1, 0.15) is 129 Å². The maximum absolute atomic E-state index is 12.5. The summed E-state index contributed by atoms with van der Waals surface area (Å²) in [7, 11) is -4.62. The van der Waals surface area contributed by atoms with Crippen molar-refractivity contribution < 1.29 is 47.8 Å². The van der Waals surface area contributed by atoms with Crippen LogP contribution >= 0.6 is 7.82 Å². The van der Waals surface area contributed by atoms with Gasteiger partial charge in [0.25, 0.3) is 0 Å². The number of rotatable bonds is 32. The zero-order valence-corrected chi connectivity index (χ0v) is 29.9. The van der Waals surface area contributed by atoms with Crippen molar-refractivity contribution in [3.05, 3.63) is 48.6 Å². The number of carbonyl (C=O) groups is 2. The highest BCUT2D eigenvalue weighted by atomic mass is 31.2. The molecule has 0 fully saturated rings. The lowest BCUT2D eigenvalue weighted by molar-refractivity contribution is -0.161. The van der Waals surface area contributed by atoms with Crippen molar-refractivity contribution >= 4 is 19.8 Å². The second-order valence-electron chi connectivity index (χ2n) is 11.5. The summed E-state index contributed by atoms with van der Waals surface area (Å²) in [6.45, 7) is 2.20. The summed E-state index contributed by atoms with van der Waals surface area (Å²) < 4.78 is 32.3. The summed E-state index contributed by atoms with van der Waals surface area (Å²) in [4.78, 5) is 34.6. The second kappa shape index (κ2) is 32.5. The lowest BCUT2D eigenvalue weighted by Crippen LogP contribution is -2.29. The molecule has 10 nitrogen and oxygen atoms in total. The monoisotopic (exact) mass is 686 g/mol. The topological polar surface area (TPSA) is 149 Å². The van der Waals surface area contributed by atoms with Crippen molar-refractivity contribution in [2.45, 2.75) is 142 Å². The Balaban J connectivity index is 4.49. The van der Waals surface area contributed by atoms with Crippen LogP contribution in [-0.4, -0.2) is 65.7 Å². The molecule has 0 aliphatic heterocycles. The van der Waals surface area contributed by atoms with Crippen molar-refractivity contribution in [1.82, 2.24) is 0 Å². The predicted octanol–water partition coefficient (Wildman–Crippen LogP) is 8.21. The zero-order chi connectivity index (χ0) is 34.9. The first-order valence-electron chi connectivity index (χ1n) is 17.6. The van der Waals surface area contributed by atoms with Gasteiger partial charge in [-0.1, -0.05) is 114 Å². The smallest absolute Gasteiger partial charge is 0.462 e. The van der Waals surface area contributed by atoms with Gasteiger partial charge in [0.05, 0.1) is 19.8 Å². The van der Waals surface area contributed by atoms with E-state index in [0.717, 1.165) is 44.9 Å². The van der Waals surface area contributed by atoms with Crippen LogP contribution < -0.4 is 0 Å². The average molecular weight is 687 g/mol. The second-order valence-corrected chi connectivity index (χ2v) is 13.0. The van der Waals surface area contributed by atoms with Gasteiger partial charge >= 0.3 is 19.8 Å². The van der Waals surface area contributed by atoms with E-state index >= 15 is 0 Å². The molecule has 0 heterocycles. The van der Waals surface area contributed by atoms with Crippen LogP contribution in [0.5, 0.6) is 0 Å². The minimum absolute atomic E-state index is 0.108. The van der Waals surface area contributed by atoms with Crippen LogP contribution in [0, 0.1) is 0 Å². The molecule has 0 saturated heterocycles. The van der Waals surface area contributed by atoms with Gasteiger partial charge in [-0.2, -0.15) is 0 Å². The number of phosphoric acid groups is 1. The molecule has 0 bridgehead atoms. The molecule has 0 aliphatic carbocycles. The van der Waals surface area contributed by atoms with Crippen molar-refractivity contribution in [2.75, 3.05) is 26.4 Å². The van der Waals surface area contributed by atoms with Crippen LogP contribution in [0.3, 0.4) is 0 Å². The number of hydrogen-bond acceptors (Lipinski definition) is 9. The normalized spacial score (nSPS) is 14.7. The Morgan fingerprint density at radius 1 is 0.638 bits per heavy atom. The maximum atomic E-state index is 12.5. The number of aliphatic hydroxyl groups excluding tert-OH is 2. The standard InChI is InChI=1S/C36H63O10P/c1-3-5-7-9-11-12-13-14-15-16-17-18-19-20-22-24-26-28-36(40)46-34(32-45-47(41,42)44-30-33(38)29-37)31-43-35(39)27-25-23-21-10-8-6-4-2/h11-12,14-15,17-18,20,22,33-34,37-38H,3-10,13,16,19,21,23-32H2,1-2H3,(H,41,42)/b12-11+,15-14+,18-17+,22-20+/t33-,34+/m0/s1. The Morgan fingerprint density at radius 2 is 1.13 bits per heavy atom. The van der Waals surface area contributed by atoms with Crippen molar-refractivity contribution in [1.29, 1.82) is 0 Å². The molecule has 3 N–H and O–H groups in total. The van der Waals surface area contributed by atoms with E-state index in [4.69, 9.17) is 19.1 Å². The van der Waals surface area contributed by atoms with Gasteiger partial charge in [0.1, 0.15) is 12.7 Å². The average Bonchev–Trinajstić information content (AvgIpc) is 3.05. The first-order chi connectivity index (χ1) is 22.7. The molecule has 272 valence electrons. The highest BCUT2D eigenvalue weighted by molar-refractivity contribution is 7.47. The van der Waals surface area contributed by atoms with E-state index in [9.17, 15) is 24.2 Å². The Bertz CT molecular complexity index is 931. The van der Waals surface area contributed by atoms with Crippen LogP contribution in [0.4, 0.5) is 0 Å². The van der Waals surface area contributed by atoms with E-state index in [1.54, 1.807) is 0 Å². The number of ether oxygens (including phenoxy) is 2. The van der Waals surface area contributed by atoms with Crippen LogP contribution in [0.25, 0.3) is 0 Å². The summed E-state index contributed by atoms with van der Waals surface area (Å²) >= 11 is 0. The summed E-state index contributed by atoms with van der Waals surface area (Å²) in [6, 6.07) is 0. The first-order valence-corrected chi connectivity index (χ1v) is 19.1. The highest BCUT2D eigenvalue weighted by Crippen LogP contribution is 2.43. The number of hydrogen-bond donors (Lipinski definition) is 3.